The van der Waals surface area contributed by atoms with Crippen LogP contribution in [0.3, 0.4) is 0 Å². The molecule has 4 nitrogen and oxygen atoms in total. The number of hydrogen-bond acceptors (Lipinski definition) is 3. The van der Waals surface area contributed by atoms with E-state index in [0.717, 1.165) is 32.4 Å². The summed E-state index contributed by atoms with van der Waals surface area (Å²) in [6.07, 6.45) is 3.49. The molecule has 5 heteroatoms. The van der Waals surface area contributed by atoms with E-state index >= 15 is 0 Å². The Balaban J connectivity index is 1.61. The van der Waals surface area contributed by atoms with Gasteiger partial charge in [0.15, 0.2) is 0 Å². The highest BCUT2D eigenvalue weighted by atomic mass is 19.1. The first-order valence-electron chi connectivity index (χ1n) is 8.04. The fourth-order valence-electron chi connectivity index (χ4n) is 3.86. The van der Waals surface area contributed by atoms with E-state index in [2.05, 4.69) is 10.6 Å². The second-order valence-electron chi connectivity index (χ2n) is 6.51. The zero-order chi connectivity index (χ0) is 15.6. The Morgan fingerprint density at radius 1 is 1.41 bits per heavy atom. The number of hydrogen-bond donors (Lipinski definition) is 3. The summed E-state index contributed by atoms with van der Waals surface area (Å²) >= 11 is 0. The molecule has 0 bridgehead atoms. The average molecular weight is 306 g/mol. The maximum atomic E-state index is 12.9. The number of nitrogens with one attached hydrogen (secondary N) is 2. The van der Waals surface area contributed by atoms with Crippen LogP contribution in [-0.4, -0.2) is 30.6 Å². The molecule has 3 atom stereocenters. The summed E-state index contributed by atoms with van der Waals surface area (Å²) < 4.78 is 12.9. The summed E-state index contributed by atoms with van der Waals surface area (Å²) in [6, 6.07) is 5.73. The van der Waals surface area contributed by atoms with Crippen LogP contribution in [0, 0.1) is 17.2 Å². The number of amides is 1. The zero-order valence-electron chi connectivity index (χ0n) is 12.6. The lowest BCUT2D eigenvalue weighted by Crippen LogP contribution is -2.48. The molecule has 1 amide bonds. The van der Waals surface area contributed by atoms with Gasteiger partial charge in [-0.3, -0.25) is 4.79 Å². The van der Waals surface area contributed by atoms with Gasteiger partial charge in [-0.15, -0.1) is 0 Å². The van der Waals surface area contributed by atoms with Crippen molar-refractivity contribution < 1.29 is 14.3 Å². The number of halogens is 1. The molecule has 0 spiro atoms. The second-order valence-corrected chi connectivity index (χ2v) is 6.51. The Labute approximate surface area is 130 Å². The van der Waals surface area contributed by atoms with E-state index in [-0.39, 0.29) is 23.7 Å². The smallest absolute Gasteiger partial charge is 0.227 e. The molecule has 1 aromatic carbocycles. The highest BCUT2D eigenvalue weighted by Gasteiger charge is 2.49. The molecule has 120 valence electrons. The molecule has 1 aliphatic heterocycles. The molecule has 1 aromatic rings. The van der Waals surface area contributed by atoms with Crippen molar-refractivity contribution >= 4 is 5.91 Å². The molecule has 0 radical (unpaired) electrons. The molecular weight excluding hydrogens is 283 g/mol. The first-order valence-corrected chi connectivity index (χ1v) is 8.04. The van der Waals surface area contributed by atoms with E-state index in [1.54, 1.807) is 12.1 Å². The fourth-order valence-corrected chi connectivity index (χ4v) is 3.86. The monoisotopic (exact) mass is 306 g/mol. The second kappa shape index (κ2) is 6.34. The lowest BCUT2D eigenvalue weighted by atomic mass is 9.67. The van der Waals surface area contributed by atoms with Crippen LogP contribution in [0.15, 0.2) is 24.3 Å². The third-order valence-corrected chi connectivity index (χ3v) is 5.20. The summed E-state index contributed by atoms with van der Waals surface area (Å²) in [6.45, 7) is 1.81. The third-order valence-electron chi connectivity index (χ3n) is 5.20. The lowest BCUT2D eigenvalue weighted by Gasteiger charge is -2.37. The van der Waals surface area contributed by atoms with Crippen LogP contribution in [-0.2, 0) is 4.79 Å². The predicted molar refractivity (Wildman–Crippen MR) is 81.6 cm³/mol. The van der Waals surface area contributed by atoms with Crippen molar-refractivity contribution in [2.75, 3.05) is 19.6 Å². The van der Waals surface area contributed by atoms with Gasteiger partial charge in [0.05, 0.1) is 11.5 Å². The molecule has 1 unspecified atom stereocenters. The number of carbonyl (C=O) groups excluding carboxylic acids is 1. The standard InChI is InChI=1S/C17H23FN2O2/c18-14-6-4-12(5-7-14)15(21)10-20-16(22)17-8-2-1-3-13(17)9-19-11-17/h4-7,13,15,19,21H,1-3,8-11H2,(H,20,22)/t13-,15?,17+/m0/s1. The molecule has 1 aliphatic carbocycles. The van der Waals surface area contributed by atoms with Crippen LogP contribution < -0.4 is 10.6 Å². The summed E-state index contributed by atoms with van der Waals surface area (Å²) in [5.41, 5.74) is 0.310. The van der Waals surface area contributed by atoms with Crippen molar-refractivity contribution in [3.05, 3.63) is 35.6 Å². The average Bonchev–Trinajstić information content (AvgIpc) is 2.98. The van der Waals surface area contributed by atoms with Gasteiger partial charge in [-0.25, -0.2) is 4.39 Å². The van der Waals surface area contributed by atoms with E-state index in [1.165, 1.54) is 18.6 Å². The SMILES string of the molecule is O=C(NCC(O)c1ccc(F)cc1)[C@@]12CCCC[C@H]1CNC2. The number of carbonyl (C=O) groups is 1. The molecule has 3 N–H and O–H groups in total. The van der Waals surface area contributed by atoms with E-state index < -0.39 is 6.10 Å². The molecule has 1 saturated carbocycles. The molecule has 1 heterocycles. The van der Waals surface area contributed by atoms with Crippen molar-refractivity contribution in [3.63, 3.8) is 0 Å². The van der Waals surface area contributed by atoms with Gasteiger partial charge >= 0.3 is 0 Å². The summed E-state index contributed by atoms with van der Waals surface area (Å²) in [7, 11) is 0. The Morgan fingerprint density at radius 3 is 2.95 bits per heavy atom. The normalized spacial score (nSPS) is 28.9. The van der Waals surface area contributed by atoms with Gasteiger partial charge in [0, 0.05) is 13.1 Å². The lowest BCUT2D eigenvalue weighted by molar-refractivity contribution is -0.134. The molecule has 2 fully saturated rings. The van der Waals surface area contributed by atoms with E-state index in [9.17, 15) is 14.3 Å². The first kappa shape index (κ1) is 15.4. The topological polar surface area (TPSA) is 61.4 Å². The van der Waals surface area contributed by atoms with Crippen molar-refractivity contribution in [2.45, 2.75) is 31.8 Å². The maximum Gasteiger partial charge on any atom is 0.227 e. The minimum Gasteiger partial charge on any atom is -0.387 e. The molecule has 0 aromatic heterocycles. The van der Waals surface area contributed by atoms with Gasteiger partial charge in [0.1, 0.15) is 5.82 Å². The van der Waals surface area contributed by atoms with Gasteiger partial charge < -0.3 is 15.7 Å². The zero-order valence-corrected chi connectivity index (χ0v) is 12.6. The van der Waals surface area contributed by atoms with Crippen LogP contribution >= 0.6 is 0 Å². The van der Waals surface area contributed by atoms with Gasteiger partial charge in [0.25, 0.3) is 0 Å². The van der Waals surface area contributed by atoms with E-state index in [4.69, 9.17) is 0 Å². The summed E-state index contributed by atoms with van der Waals surface area (Å²) in [4.78, 5) is 12.7. The summed E-state index contributed by atoms with van der Waals surface area (Å²) in [5.74, 6) is 0.119. The van der Waals surface area contributed by atoms with Crippen molar-refractivity contribution in [2.24, 2.45) is 11.3 Å². The van der Waals surface area contributed by atoms with E-state index in [1.807, 2.05) is 0 Å². The molecule has 1 saturated heterocycles. The third kappa shape index (κ3) is 2.88. The Bertz CT molecular complexity index is 534. The van der Waals surface area contributed by atoms with Crippen LogP contribution in [0.4, 0.5) is 4.39 Å². The van der Waals surface area contributed by atoms with Crippen LogP contribution in [0.25, 0.3) is 0 Å². The van der Waals surface area contributed by atoms with Gasteiger partial charge in [-0.05, 0) is 43.0 Å². The molecule has 22 heavy (non-hydrogen) atoms. The fraction of sp³-hybridized carbons (Fsp3) is 0.588. The van der Waals surface area contributed by atoms with Crippen molar-refractivity contribution in [1.82, 2.24) is 10.6 Å². The van der Waals surface area contributed by atoms with Crippen LogP contribution in [0.1, 0.15) is 37.4 Å². The Hall–Kier alpha value is -1.46. The van der Waals surface area contributed by atoms with Crippen molar-refractivity contribution in [3.8, 4) is 0 Å². The predicted octanol–water partition coefficient (Wildman–Crippen LogP) is 1.76. The number of benzene rings is 1. The van der Waals surface area contributed by atoms with Gasteiger partial charge in [0.2, 0.25) is 5.91 Å². The first-order chi connectivity index (χ1) is 10.6. The summed E-state index contributed by atoms with van der Waals surface area (Å²) in [5, 5.41) is 16.4. The van der Waals surface area contributed by atoms with Gasteiger partial charge in [-0.1, -0.05) is 25.0 Å². The number of rotatable bonds is 4. The Kier molecular flexibility index (Phi) is 4.45. The molecule has 3 rings (SSSR count). The van der Waals surface area contributed by atoms with E-state index in [0.29, 0.717) is 11.5 Å². The molecule has 2 aliphatic rings. The highest BCUT2D eigenvalue weighted by Crippen LogP contribution is 2.43. The maximum absolute atomic E-state index is 12.9. The molecular formula is C17H23FN2O2. The van der Waals surface area contributed by atoms with Crippen LogP contribution in [0.5, 0.6) is 0 Å². The van der Waals surface area contributed by atoms with Gasteiger partial charge in [-0.2, -0.15) is 0 Å². The minimum absolute atomic E-state index is 0.0448. The number of fused-ring (bicyclic) bond motifs is 1. The van der Waals surface area contributed by atoms with Crippen molar-refractivity contribution in [1.29, 1.82) is 0 Å². The largest absolute Gasteiger partial charge is 0.387 e. The van der Waals surface area contributed by atoms with Crippen LogP contribution in [0.2, 0.25) is 0 Å². The minimum atomic E-state index is -0.808. The highest BCUT2D eigenvalue weighted by molar-refractivity contribution is 5.84. The quantitative estimate of drug-likeness (QED) is 0.794. The number of aliphatic hydroxyl groups excluding tert-OH is 1. The number of aliphatic hydroxyl groups is 1. The Morgan fingerprint density at radius 2 is 2.18 bits per heavy atom.